The summed E-state index contributed by atoms with van der Waals surface area (Å²) in [6, 6.07) is 5.59. The van der Waals surface area contributed by atoms with Crippen LogP contribution >= 0.6 is 27.3 Å². The minimum absolute atomic E-state index is 0.155. The predicted octanol–water partition coefficient (Wildman–Crippen LogP) is 3.49. The average Bonchev–Trinajstić information content (AvgIpc) is 2.82. The van der Waals surface area contributed by atoms with Gasteiger partial charge in [-0.1, -0.05) is 6.07 Å². The molecule has 1 aromatic heterocycles. The first kappa shape index (κ1) is 14.2. The molecule has 100 valence electrons. The van der Waals surface area contributed by atoms with E-state index < -0.39 is 0 Å². The third-order valence-corrected chi connectivity index (χ3v) is 4.22. The molecule has 1 heterocycles. The first-order valence-electron chi connectivity index (χ1n) is 5.76. The van der Waals surface area contributed by atoms with Crippen LogP contribution in [0.2, 0.25) is 0 Å². The van der Waals surface area contributed by atoms with E-state index in [2.05, 4.69) is 26.2 Å². The first-order chi connectivity index (χ1) is 8.97. The zero-order chi connectivity index (χ0) is 14.0. The first-order valence-corrected chi connectivity index (χ1v) is 7.43. The summed E-state index contributed by atoms with van der Waals surface area (Å²) in [5, 5.41) is 5.30. The summed E-state index contributed by atoms with van der Waals surface area (Å²) in [5.74, 6) is -0.229. The summed E-state index contributed by atoms with van der Waals surface area (Å²) in [4.78, 5) is 16.3. The van der Waals surface area contributed by atoms with E-state index in [0.717, 1.165) is 20.7 Å². The Hall–Kier alpha value is -1.24. The topological polar surface area (TPSA) is 68.0 Å². The number of thiazole rings is 1. The highest BCUT2D eigenvalue weighted by Gasteiger charge is 2.13. The molecule has 0 spiro atoms. The summed E-state index contributed by atoms with van der Waals surface area (Å²) >= 11 is 4.82. The van der Waals surface area contributed by atoms with Gasteiger partial charge < -0.3 is 11.1 Å². The number of aryl methyl sites for hydroxylation is 1. The second kappa shape index (κ2) is 5.81. The molecule has 0 bridgehead atoms. The Morgan fingerprint density at radius 3 is 2.84 bits per heavy atom. The van der Waals surface area contributed by atoms with Crippen molar-refractivity contribution in [2.24, 2.45) is 5.73 Å². The van der Waals surface area contributed by atoms with Crippen LogP contribution in [-0.4, -0.2) is 10.9 Å². The van der Waals surface area contributed by atoms with E-state index in [1.54, 1.807) is 5.38 Å². The molecule has 0 radical (unpaired) electrons. The number of hydrogen-bond donors (Lipinski definition) is 2. The van der Waals surface area contributed by atoms with Gasteiger partial charge in [0.15, 0.2) is 0 Å². The zero-order valence-electron chi connectivity index (χ0n) is 10.6. The number of carbonyl (C=O) groups is 1. The minimum Gasteiger partial charge on any atom is -0.322 e. The standard InChI is InChI=1S/C13H14BrN3OS/c1-7-3-4-10(9(14)5-7)16-12(18)11-6-19-13(17-11)8(2)15/h3-6,8H,15H2,1-2H3,(H,16,18). The van der Waals surface area contributed by atoms with E-state index in [0.29, 0.717) is 5.69 Å². The molecule has 0 aliphatic heterocycles. The quantitative estimate of drug-likeness (QED) is 0.899. The number of halogens is 1. The van der Waals surface area contributed by atoms with Crippen molar-refractivity contribution in [2.75, 3.05) is 5.32 Å². The normalized spacial score (nSPS) is 12.2. The molecule has 6 heteroatoms. The molecular formula is C13H14BrN3OS. The molecule has 3 N–H and O–H groups in total. The van der Waals surface area contributed by atoms with E-state index in [-0.39, 0.29) is 11.9 Å². The van der Waals surface area contributed by atoms with E-state index in [1.165, 1.54) is 11.3 Å². The number of anilines is 1. The van der Waals surface area contributed by atoms with Gasteiger partial charge in [0.25, 0.3) is 5.91 Å². The Balaban J connectivity index is 2.16. The van der Waals surface area contributed by atoms with Gasteiger partial charge in [-0.15, -0.1) is 11.3 Å². The lowest BCUT2D eigenvalue weighted by Gasteiger charge is -2.06. The largest absolute Gasteiger partial charge is 0.322 e. The van der Waals surface area contributed by atoms with Crippen molar-refractivity contribution < 1.29 is 4.79 Å². The Morgan fingerprint density at radius 1 is 1.53 bits per heavy atom. The number of nitrogens with zero attached hydrogens (tertiary/aromatic N) is 1. The van der Waals surface area contributed by atoms with Crippen LogP contribution in [0, 0.1) is 6.92 Å². The molecule has 1 amide bonds. The molecule has 0 saturated carbocycles. The number of amides is 1. The molecule has 19 heavy (non-hydrogen) atoms. The van der Waals surface area contributed by atoms with E-state index in [9.17, 15) is 4.79 Å². The molecule has 1 aromatic carbocycles. The lowest BCUT2D eigenvalue weighted by Crippen LogP contribution is -2.13. The number of carbonyl (C=O) groups excluding carboxylic acids is 1. The van der Waals surface area contributed by atoms with Gasteiger partial charge in [-0.2, -0.15) is 0 Å². The molecule has 1 atom stereocenters. The molecule has 0 saturated heterocycles. The van der Waals surface area contributed by atoms with Crippen LogP contribution in [0.15, 0.2) is 28.1 Å². The Bertz CT molecular complexity index is 610. The van der Waals surface area contributed by atoms with Gasteiger partial charge in [0.05, 0.1) is 11.7 Å². The molecular weight excluding hydrogens is 326 g/mol. The van der Waals surface area contributed by atoms with Crippen LogP contribution in [0.25, 0.3) is 0 Å². The Morgan fingerprint density at radius 2 is 2.26 bits per heavy atom. The third-order valence-electron chi connectivity index (χ3n) is 2.52. The molecule has 1 unspecified atom stereocenters. The molecule has 0 aliphatic carbocycles. The maximum atomic E-state index is 12.1. The van der Waals surface area contributed by atoms with Crippen LogP contribution < -0.4 is 11.1 Å². The fourth-order valence-corrected chi connectivity index (χ4v) is 2.86. The lowest BCUT2D eigenvalue weighted by molar-refractivity contribution is 0.102. The van der Waals surface area contributed by atoms with E-state index >= 15 is 0 Å². The van der Waals surface area contributed by atoms with Gasteiger partial charge >= 0.3 is 0 Å². The highest BCUT2D eigenvalue weighted by atomic mass is 79.9. The van der Waals surface area contributed by atoms with Crippen molar-refractivity contribution in [3.63, 3.8) is 0 Å². The zero-order valence-corrected chi connectivity index (χ0v) is 13.0. The van der Waals surface area contributed by atoms with Crippen molar-refractivity contribution in [1.82, 2.24) is 4.98 Å². The molecule has 0 aliphatic rings. The van der Waals surface area contributed by atoms with Crippen LogP contribution in [0.5, 0.6) is 0 Å². The summed E-state index contributed by atoms with van der Waals surface area (Å²) in [6.07, 6.45) is 0. The maximum Gasteiger partial charge on any atom is 0.275 e. The maximum absolute atomic E-state index is 12.1. The van der Waals surface area contributed by atoms with E-state index in [4.69, 9.17) is 5.73 Å². The van der Waals surface area contributed by atoms with Crippen LogP contribution in [0.1, 0.15) is 34.0 Å². The smallest absolute Gasteiger partial charge is 0.275 e. The predicted molar refractivity (Wildman–Crippen MR) is 81.5 cm³/mol. The van der Waals surface area contributed by atoms with Gasteiger partial charge in [-0.05, 0) is 47.5 Å². The summed E-state index contributed by atoms with van der Waals surface area (Å²) in [6.45, 7) is 3.84. The second-order valence-electron chi connectivity index (χ2n) is 4.30. The van der Waals surface area contributed by atoms with Crippen molar-refractivity contribution in [3.8, 4) is 0 Å². The van der Waals surface area contributed by atoms with Crippen LogP contribution in [0.4, 0.5) is 5.69 Å². The van der Waals surface area contributed by atoms with Gasteiger partial charge in [0.2, 0.25) is 0 Å². The summed E-state index contributed by atoms with van der Waals surface area (Å²) in [7, 11) is 0. The van der Waals surface area contributed by atoms with Crippen LogP contribution in [-0.2, 0) is 0 Å². The van der Waals surface area contributed by atoms with Crippen molar-refractivity contribution in [1.29, 1.82) is 0 Å². The number of aromatic nitrogens is 1. The van der Waals surface area contributed by atoms with Crippen molar-refractivity contribution in [2.45, 2.75) is 19.9 Å². The highest BCUT2D eigenvalue weighted by molar-refractivity contribution is 9.10. The summed E-state index contributed by atoms with van der Waals surface area (Å²) < 4.78 is 0.850. The number of rotatable bonds is 3. The van der Waals surface area contributed by atoms with Crippen molar-refractivity contribution >= 4 is 38.9 Å². The monoisotopic (exact) mass is 339 g/mol. The van der Waals surface area contributed by atoms with Crippen molar-refractivity contribution in [3.05, 3.63) is 44.3 Å². The lowest BCUT2D eigenvalue weighted by atomic mass is 10.2. The highest BCUT2D eigenvalue weighted by Crippen LogP contribution is 2.24. The van der Waals surface area contributed by atoms with Crippen LogP contribution in [0.3, 0.4) is 0 Å². The second-order valence-corrected chi connectivity index (χ2v) is 6.04. The number of benzene rings is 1. The molecule has 4 nitrogen and oxygen atoms in total. The third kappa shape index (κ3) is 3.40. The Kier molecular flexibility index (Phi) is 4.34. The molecule has 2 aromatic rings. The van der Waals surface area contributed by atoms with Gasteiger partial charge in [-0.25, -0.2) is 4.98 Å². The number of nitrogens with two attached hydrogens (primary N) is 1. The summed E-state index contributed by atoms with van der Waals surface area (Å²) in [5.41, 5.74) is 7.97. The van der Waals surface area contributed by atoms with Gasteiger partial charge in [-0.3, -0.25) is 4.79 Å². The minimum atomic E-state index is -0.229. The number of nitrogens with one attached hydrogen (secondary N) is 1. The average molecular weight is 340 g/mol. The molecule has 0 fully saturated rings. The number of hydrogen-bond acceptors (Lipinski definition) is 4. The fourth-order valence-electron chi connectivity index (χ4n) is 1.51. The SMILES string of the molecule is Cc1ccc(NC(=O)c2csc(C(C)N)n2)c(Br)c1. The fraction of sp³-hybridized carbons (Fsp3) is 0.231. The molecule has 2 rings (SSSR count). The van der Waals surface area contributed by atoms with Gasteiger partial charge in [0.1, 0.15) is 10.7 Å². The Labute approximate surface area is 124 Å². The van der Waals surface area contributed by atoms with Gasteiger partial charge in [0, 0.05) is 9.85 Å². The van der Waals surface area contributed by atoms with E-state index in [1.807, 2.05) is 32.0 Å².